The molecular weight excluding hydrogens is 196 g/mol. The molecule has 0 spiro atoms. The van der Waals surface area contributed by atoms with Gasteiger partial charge in [-0.1, -0.05) is 13.3 Å². The first kappa shape index (κ1) is 11.3. The molecule has 0 saturated carbocycles. The fraction of sp³-hybridized carbons (Fsp3) is 0.571. The maximum atomic E-state index is 5.71. The van der Waals surface area contributed by atoms with Crippen molar-refractivity contribution in [3.63, 3.8) is 0 Å². The molecule has 1 saturated heterocycles. The summed E-state index contributed by atoms with van der Waals surface area (Å²) in [7, 11) is 0. The van der Waals surface area contributed by atoms with Crippen molar-refractivity contribution in [1.82, 2.24) is 0 Å². The van der Waals surface area contributed by atoms with Crippen molar-refractivity contribution >= 4 is 11.4 Å². The van der Waals surface area contributed by atoms with Crippen molar-refractivity contribution in [3.05, 3.63) is 24.3 Å². The van der Waals surface area contributed by atoms with Crippen molar-refractivity contribution in [2.24, 2.45) is 5.92 Å². The first-order valence-electron chi connectivity index (χ1n) is 6.40. The van der Waals surface area contributed by atoms with E-state index in [4.69, 9.17) is 5.73 Å². The molecule has 1 unspecified atom stereocenters. The van der Waals surface area contributed by atoms with Gasteiger partial charge in [-0.25, -0.2) is 0 Å². The van der Waals surface area contributed by atoms with Crippen molar-refractivity contribution in [1.29, 1.82) is 0 Å². The topological polar surface area (TPSA) is 29.3 Å². The standard InChI is InChI=1S/C14H22N2/c1-2-12-4-3-10-16(11-9-12)14-7-5-13(15)6-8-14/h5-8,12H,2-4,9-11,15H2,1H3. The van der Waals surface area contributed by atoms with Crippen LogP contribution >= 0.6 is 0 Å². The van der Waals surface area contributed by atoms with Gasteiger partial charge in [0.2, 0.25) is 0 Å². The minimum Gasteiger partial charge on any atom is -0.399 e. The summed E-state index contributed by atoms with van der Waals surface area (Å²) in [4.78, 5) is 2.50. The molecule has 2 heteroatoms. The second kappa shape index (κ2) is 5.24. The summed E-state index contributed by atoms with van der Waals surface area (Å²) in [5.41, 5.74) is 7.89. The minimum atomic E-state index is 0.852. The summed E-state index contributed by atoms with van der Waals surface area (Å²) in [6, 6.07) is 8.28. The molecule has 0 bridgehead atoms. The highest BCUT2D eigenvalue weighted by atomic mass is 15.1. The molecule has 1 aromatic carbocycles. The fourth-order valence-electron chi connectivity index (χ4n) is 2.52. The number of hydrogen-bond donors (Lipinski definition) is 1. The largest absolute Gasteiger partial charge is 0.399 e. The Balaban J connectivity index is 2.02. The van der Waals surface area contributed by atoms with E-state index in [-0.39, 0.29) is 0 Å². The van der Waals surface area contributed by atoms with E-state index in [2.05, 4.69) is 24.0 Å². The van der Waals surface area contributed by atoms with E-state index in [9.17, 15) is 0 Å². The molecule has 1 atom stereocenters. The molecule has 0 radical (unpaired) electrons. The highest BCUT2D eigenvalue weighted by molar-refractivity contribution is 5.53. The van der Waals surface area contributed by atoms with Gasteiger partial charge in [0.05, 0.1) is 0 Å². The van der Waals surface area contributed by atoms with Gasteiger partial charge in [-0.15, -0.1) is 0 Å². The van der Waals surface area contributed by atoms with Gasteiger partial charge in [0, 0.05) is 24.5 Å². The number of rotatable bonds is 2. The maximum absolute atomic E-state index is 5.71. The third kappa shape index (κ3) is 2.69. The van der Waals surface area contributed by atoms with E-state index < -0.39 is 0 Å². The van der Waals surface area contributed by atoms with Crippen LogP contribution in [-0.4, -0.2) is 13.1 Å². The molecule has 16 heavy (non-hydrogen) atoms. The fourth-order valence-corrected chi connectivity index (χ4v) is 2.52. The van der Waals surface area contributed by atoms with Crippen molar-refractivity contribution in [2.75, 3.05) is 23.7 Å². The number of nitrogen functional groups attached to an aromatic ring is 1. The molecule has 88 valence electrons. The number of nitrogens with two attached hydrogens (primary N) is 1. The normalized spacial score (nSPS) is 21.8. The van der Waals surface area contributed by atoms with E-state index in [1.165, 1.54) is 44.5 Å². The van der Waals surface area contributed by atoms with E-state index in [1.807, 2.05) is 12.1 Å². The Morgan fingerprint density at radius 2 is 1.94 bits per heavy atom. The Kier molecular flexibility index (Phi) is 3.70. The van der Waals surface area contributed by atoms with Gasteiger partial charge >= 0.3 is 0 Å². The van der Waals surface area contributed by atoms with Gasteiger partial charge in [0.1, 0.15) is 0 Å². The van der Waals surface area contributed by atoms with Crippen molar-refractivity contribution in [2.45, 2.75) is 32.6 Å². The molecule has 2 rings (SSSR count). The summed E-state index contributed by atoms with van der Waals surface area (Å²) >= 11 is 0. The SMILES string of the molecule is CCC1CCCN(c2ccc(N)cc2)CC1. The van der Waals surface area contributed by atoms with Gasteiger partial charge in [0.15, 0.2) is 0 Å². The van der Waals surface area contributed by atoms with Crippen LogP contribution in [0, 0.1) is 5.92 Å². The molecule has 1 heterocycles. The third-order valence-electron chi connectivity index (χ3n) is 3.68. The first-order chi connectivity index (χ1) is 7.79. The summed E-state index contributed by atoms with van der Waals surface area (Å²) in [5, 5.41) is 0. The third-order valence-corrected chi connectivity index (χ3v) is 3.68. The lowest BCUT2D eigenvalue weighted by molar-refractivity contribution is 0.459. The average Bonchev–Trinajstić information content (AvgIpc) is 2.55. The van der Waals surface area contributed by atoms with Crippen LogP contribution in [0.3, 0.4) is 0 Å². The van der Waals surface area contributed by atoms with Crippen LogP contribution in [0.4, 0.5) is 11.4 Å². The van der Waals surface area contributed by atoms with Crippen LogP contribution in [0.2, 0.25) is 0 Å². The first-order valence-corrected chi connectivity index (χ1v) is 6.40. The molecular formula is C14H22N2. The molecule has 0 aromatic heterocycles. The van der Waals surface area contributed by atoms with Crippen LogP contribution < -0.4 is 10.6 Å². The van der Waals surface area contributed by atoms with Crippen LogP contribution in [0.1, 0.15) is 32.6 Å². The Labute approximate surface area is 98.4 Å². The zero-order valence-corrected chi connectivity index (χ0v) is 10.2. The Hall–Kier alpha value is -1.18. The molecule has 0 aliphatic carbocycles. The monoisotopic (exact) mass is 218 g/mol. The van der Waals surface area contributed by atoms with Gasteiger partial charge in [-0.3, -0.25) is 0 Å². The molecule has 0 amide bonds. The van der Waals surface area contributed by atoms with Crippen LogP contribution in [0.5, 0.6) is 0 Å². The predicted octanol–water partition coefficient (Wildman–Crippen LogP) is 3.29. The number of anilines is 2. The summed E-state index contributed by atoms with van der Waals surface area (Å²) in [5.74, 6) is 0.929. The highest BCUT2D eigenvalue weighted by Gasteiger charge is 2.15. The lowest BCUT2D eigenvalue weighted by atomic mass is 9.98. The van der Waals surface area contributed by atoms with Gasteiger partial charge in [0.25, 0.3) is 0 Å². The Morgan fingerprint density at radius 1 is 1.19 bits per heavy atom. The lowest BCUT2D eigenvalue weighted by Crippen LogP contribution is -2.24. The van der Waals surface area contributed by atoms with E-state index in [0.717, 1.165) is 11.6 Å². The second-order valence-electron chi connectivity index (χ2n) is 4.78. The van der Waals surface area contributed by atoms with Gasteiger partial charge < -0.3 is 10.6 Å². The molecule has 1 aromatic rings. The Morgan fingerprint density at radius 3 is 2.62 bits per heavy atom. The maximum Gasteiger partial charge on any atom is 0.0367 e. The molecule has 1 aliphatic heterocycles. The summed E-state index contributed by atoms with van der Waals surface area (Å²) in [6.45, 7) is 4.70. The van der Waals surface area contributed by atoms with Gasteiger partial charge in [-0.2, -0.15) is 0 Å². The number of nitrogens with zero attached hydrogens (tertiary/aromatic N) is 1. The Bertz CT molecular complexity index is 318. The quantitative estimate of drug-likeness (QED) is 0.772. The van der Waals surface area contributed by atoms with E-state index >= 15 is 0 Å². The summed E-state index contributed by atoms with van der Waals surface area (Å²) in [6.07, 6.45) is 5.38. The highest BCUT2D eigenvalue weighted by Crippen LogP contribution is 2.24. The van der Waals surface area contributed by atoms with Crippen LogP contribution in [0.25, 0.3) is 0 Å². The molecule has 2 nitrogen and oxygen atoms in total. The summed E-state index contributed by atoms with van der Waals surface area (Å²) < 4.78 is 0. The zero-order chi connectivity index (χ0) is 11.4. The van der Waals surface area contributed by atoms with E-state index in [0.29, 0.717) is 0 Å². The smallest absolute Gasteiger partial charge is 0.0367 e. The average molecular weight is 218 g/mol. The minimum absolute atomic E-state index is 0.852. The second-order valence-corrected chi connectivity index (χ2v) is 4.78. The predicted molar refractivity (Wildman–Crippen MR) is 70.7 cm³/mol. The lowest BCUT2D eigenvalue weighted by Gasteiger charge is -2.23. The molecule has 2 N–H and O–H groups in total. The van der Waals surface area contributed by atoms with Crippen LogP contribution in [-0.2, 0) is 0 Å². The number of hydrogen-bond acceptors (Lipinski definition) is 2. The van der Waals surface area contributed by atoms with Crippen LogP contribution in [0.15, 0.2) is 24.3 Å². The molecule has 1 fully saturated rings. The zero-order valence-electron chi connectivity index (χ0n) is 10.2. The van der Waals surface area contributed by atoms with Crippen molar-refractivity contribution < 1.29 is 0 Å². The molecule has 1 aliphatic rings. The van der Waals surface area contributed by atoms with Gasteiger partial charge in [-0.05, 0) is 49.4 Å². The number of benzene rings is 1. The van der Waals surface area contributed by atoms with Crippen molar-refractivity contribution in [3.8, 4) is 0 Å². The van der Waals surface area contributed by atoms with E-state index in [1.54, 1.807) is 0 Å².